The summed E-state index contributed by atoms with van der Waals surface area (Å²) in [5.74, 6) is 0.505. The van der Waals surface area contributed by atoms with Gasteiger partial charge in [0.25, 0.3) is 0 Å². The van der Waals surface area contributed by atoms with Crippen LogP contribution in [0.25, 0.3) is 0 Å². The molecule has 2 atom stereocenters. The van der Waals surface area contributed by atoms with Crippen LogP contribution in [0.4, 0.5) is 0 Å². The van der Waals surface area contributed by atoms with Gasteiger partial charge in [-0.1, -0.05) is 18.6 Å². The van der Waals surface area contributed by atoms with E-state index in [0.29, 0.717) is 5.92 Å². The molecular formula is C14H22O2. The summed E-state index contributed by atoms with van der Waals surface area (Å²) in [4.78, 5) is 10.8. The molecule has 0 aromatic heterocycles. The zero-order chi connectivity index (χ0) is 12.0. The van der Waals surface area contributed by atoms with Crippen LogP contribution in [0, 0.1) is 5.92 Å². The van der Waals surface area contributed by atoms with Crippen molar-refractivity contribution in [2.24, 2.45) is 5.92 Å². The lowest BCUT2D eigenvalue weighted by molar-refractivity contribution is -0.138. The van der Waals surface area contributed by atoms with Crippen molar-refractivity contribution in [3.05, 3.63) is 23.8 Å². The maximum atomic E-state index is 10.8. The molecule has 2 nitrogen and oxygen atoms in total. The van der Waals surface area contributed by atoms with E-state index < -0.39 is 0 Å². The second kappa shape index (κ2) is 6.51. The van der Waals surface area contributed by atoms with Crippen LogP contribution < -0.4 is 0 Å². The van der Waals surface area contributed by atoms with E-state index in [9.17, 15) is 4.79 Å². The molecule has 0 spiro atoms. The van der Waals surface area contributed by atoms with Crippen molar-refractivity contribution in [1.29, 1.82) is 0 Å². The Bertz CT molecular complexity index is 285. The fourth-order valence-corrected chi connectivity index (χ4v) is 1.82. The minimum atomic E-state index is -0.192. The Balaban J connectivity index is 2.11. The van der Waals surface area contributed by atoms with E-state index in [2.05, 4.69) is 26.8 Å². The molecule has 1 aliphatic rings. The van der Waals surface area contributed by atoms with Gasteiger partial charge in [-0.2, -0.15) is 0 Å². The fraction of sp³-hybridized carbons (Fsp3) is 0.643. The zero-order valence-corrected chi connectivity index (χ0v) is 10.5. The molecule has 0 aliphatic carbocycles. The molecule has 1 unspecified atom stereocenters. The van der Waals surface area contributed by atoms with E-state index in [4.69, 9.17) is 4.74 Å². The smallest absolute Gasteiger partial charge is 0.331 e. The third-order valence-electron chi connectivity index (χ3n) is 2.87. The lowest BCUT2D eigenvalue weighted by atomic mass is 9.97. The number of ether oxygens (including phenoxy) is 1. The van der Waals surface area contributed by atoms with Gasteiger partial charge in [0.15, 0.2) is 0 Å². The molecule has 0 bridgehead atoms. The topological polar surface area (TPSA) is 26.3 Å². The first-order valence-electron chi connectivity index (χ1n) is 6.10. The van der Waals surface area contributed by atoms with Crippen LogP contribution in [0.1, 0.15) is 46.5 Å². The van der Waals surface area contributed by atoms with Crippen molar-refractivity contribution < 1.29 is 9.53 Å². The van der Waals surface area contributed by atoms with E-state index in [-0.39, 0.29) is 12.1 Å². The van der Waals surface area contributed by atoms with Gasteiger partial charge in [0, 0.05) is 6.08 Å². The summed E-state index contributed by atoms with van der Waals surface area (Å²) in [5.41, 5.74) is 1.39. The molecule has 1 rings (SSSR count). The van der Waals surface area contributed by atoms with E-state index >= 15 is 0 Å². The van der Waals surface area contributed by atoms with E-state index in [0.717, 1.165) is 19.3 Å². The van der Waals surface area contributed by atoms with Crippen LogP contribution in [-0.4, -0.2) is 12.1 Å². The summed E-state index contributed by atoms with van der Waals surface area (Å²) in [6.07, 6.45) is 10.2. The highest BCUT2D eigenvalue weighted by atomic mass is 16.5. The van der Waals surface area contributed by atoms with Crippen LogP contribution in [0.15, 0.2) is 23.8 Å². The highest BCUT2D eigenvalue weighted by Crippen LogP contribution is 2.18. The summed E-state index contributed by atoms with van der Waals surface area (Å²) in [7, 11) is 0. The maximum Gasteiger partial charge on any atom is 0.331 e. The first kappa shape index (κ1) is 13.0. The first-order chi connectivity index (χ1) is 7.58. The normalized spacial score (nSPS) is 20.7. The monoisotopic (exact) mass is 222 g/mol. The molecule has 0 fully saturated rings. The number of carbonyl (C=O) groups excluding carboxylic acids is 1. The molecule has 1 aliphatic heterocycles. The summed E-state index contributed by atoms with van der Waals surface area (Å²) in [6.45, 7) is 6.53. The third kappa shape index (κ3) is 5.15. The molecule has 90 valence electrons. The average molecular weight is 222 g/mol. The van der Waals surface area contributed by atoms with E-state index in [1.54, 1.807) is 0 Å². The molecule has 0 radical (unpaired) electrons. The van der Waals surface area contributed by atoms with Crippen LogP contribution in [0.3, 0.4) is 0 Å². The van der Waals surface area contributed by atoms with Crippen LogP contribution in [0.2, 0.25) is 0 Å². The molecule has 0 saturated heterocycles. The standard InChI is InChI=1S/C14H22O2/c1-11(2)5-4-6-12(3)7-8-13-9-10-14(15)16-13/h5,9-10,12-13H,4,6-8H2,1-3H3/t12-,13?/m0/s1. The Morgan fingerprint density at radius 1 is 1.50 bits per heavy atom. The molecule has 0 aromatic rings. The Hall–Kier alpha value is -1.05. The van der Waals surface area contributed by atoms with Gasteiger partial charge < -0.3 is 4.74 Å². The lowest BCUT2D eigenvalue weighted by Gasteiger charge is -2.13. The summed E-state index contributed by atoms with van der Waals surface area (Å²) in [6, 6.07) is 0. The number of hydrogen-bond acceptors (Lipinski definition) is 2. The highest BCUT2D eigenvalue weighted by Gasteiger charge is 2.16. The van der Waals surface area contributed by atoms with Crippen molar-refractivity contribution in [3.8, 4) is 0 Å². The van der Waals surface area contributed by atoms with Crippen LogP contribution >= 0.6 is 0 Å². The van der Waals surface area contributed by atoms with Crippen LogP contribution in [-0.2, 0) is 9.53 Å². The van der Waals surface area contributed by atoms with Gasteiger partial charge in [0.2, 0.25) is 0 Å². The summed E-state index contributed by atoms with van der Waals surface area (Å²) >= 11 is 0. The van der Waals surface area contributed by atoms with Gasteiger partial charge >= 0.3 is 5.97 Å². The molecular weight excluding hydrogens is 200 g/mol. The predicted molar refractivity (Wildman–Crippen MR) is 66.1 cm³/mol. The second-order valence-electron chi connectivity index (χ2n) is 4.88. The Morgan fingerprint density at radius 2 is 2.25 bits per heavy atom. The van der Waals surface area contributed by atoms with Gasteiger partial charge in [0.1, 0.15) is 6.10 Å². The minimum absolute atomic E-state index is 0.0263. The van der Waals surface area contributed by atoms with E-state index in [1.807, 2.05) is 6.08 Å². The van der Waals surface area contributed by atoms with E-state index in [1.165, 1.54) is 18.1 Å². The molecule has 1 heterocycles. The van der Waals surface area contributed by atoms with Crippen molar-refractivity contribution >= 4 is 5.97 Å². The van der Waals surface area contributed by atoms with Gasteiger partial charge in [-0.25, -0.2) is 4.79 Å². The first-order valence-corrected chi connectivity index (χ1v) is 6.10. The molecule has 16 heavy (non-hydrogen) atoms. The van der Waals surface area contributed by atoms with Crippen molar-refractivity contribution in [2.75, 3.05) is 0 Å². The highest BCUT2D eigenvalue weighted by molar-refractivity contribution is 5.84. The van der Waals surface area contributed by atoms with Crippen LogP contribution in [0.5, 0.6) is 0 Å². The number of cyclic esters (lactones) is 1. The molecule has 0 amide bonds. The molecule has 0 saturated carbocycles. The number of allylic oxidation sites excluding steroid dienone is 2. The number of esters is 1. The number of hydrogen-bond donors (Lipinski definition) is 0. The second-order valence-corrected chi connectivity index (χ2v) is 4.88. The number of carbonyl (C=O) groups is 1. The third-order valence-corrected chi connectivity index (χ3v) is 2.87. The largest absolute Gasteiger partial charge is 0.455 e. The average Bonchev–Trinajstić information content (AvgIpc) is 2.61. The van der Waals surface area contributed by atoms with Gasteiger partial charge in [0.05, 0.1) is 0 Å². The summed E-state index contributed by atoms with van der Waals surface area (Å²) in [5, 5.41) is 0. The van der Waals surface area contributed by atoms with Crippen molar-refractivity contribution in [1.82, 2.24) is 0 Å². The fourth-order valence-electron chi connectivity index (χ4n) is 1.82. The minimum Gasteiger partial charge on any atom is -0.455 e. The number of rotatable bonds is 6. The van der Waals surface area contributed by atoms with Gasteiger partial charge in [-0.15, -0.1) is 0 Å². The Labute approximate surface area is 98.4 Å². The SMILES string of the molecule is CC(C)=CCC[C@H](C)CCC1C=CC(=O)O1. The quantitative estimate of drug-likeness (QED) is 0.506. The Kier molecular flexibility index (Phi) is 5.30. The molecule has 0 aromatic carbocycles. The molecule has 2 heteroatoms. The van der Waals surface area contributed by atoms with Gasteiger partial charge in [-0.05, 0) is 51.5 Å². The molecule has 0 N–H and O–H groups in total. The summed E-state index contributed by atoms with van der Waals surface area (Å²) < 4.78 is 5.09. The maximum absolute atomic E-state index is 10.8. The predicted octanol–water partition coefficient (Wildman–Crippen LogP) is 3.63. The van der Waals surface area contributed by atoms with Crippen molar-refractivity contribution in [3.63, 3.8) is 0 Å². The zero-order valence-electron chi connectivity index (χ0n) is 10.5. The lowest BCUT2D eigenvalue weighted by Crippen LogP contribution is -2.09. The van der Waals surface area contributed by atoms with Crippen molar-refractivity contribution in [2.45, 2.75) is 52.6 Å². The van der Waals surface area contributed by atoms with Gasteiger partial charge in [-0.3, -0.25) is 0 Å². The Morgan fingerprint density at radius 3 is 2.81 bits per heavy atom.